The second-order valence-corrected chi connectivity index (χ2v) is 3.48. The highest BCUT2D eigenvalue weighted by molar-refractivity contribution is 4.79. The van der Waals surface area contributed by atoms with E-state index in [9.17, 15) is 0 Å². The van der Waals surface area contributed by atoms with Gasteiger partial charge < -0.3 is 14.4 Å². The quantitative estimate of drug-likeness (QED) is 0.641. The molecule has 4 nitrogen and oxygen atoms in total. The molecule has 0 aliphatic carbocycles. The maximum Gasteiger partial charge on any atom is 0.159 e. The molecule has 13 heavy (non-hydrogen) atoms. The van der Waals surface area contributed by atoms with E-state index in [1.54, 1.807) is 0 Å². The van der Waals surface area contributed by atoms with Crippen molar-refractivity contribution in [1.29, 1.82) is 5.26 Å². The molecule has 0 aromatic heterocycles. The summed E-state index contributed by atoms with van der Waals surface area (Å²) >= 11 is 0. The Labute approximate surface area is 79.0 Å². The zero-order valence-electron chi connectivity index (χ0n) is 8.19. The van der Waals surface area contributed by atoms with Gasteiger partial charge in [0.15, 0.2) is 6.29 Å². The van der Waals surface area contributed by atoms with Gasteiger partial charge in [-0.3, -0.25) is 0 Å². The molecule has 0 bridgehead atoms. The van der Waals surface area contributed by atoms with Gasteiger partial charge in [0, 0.05) is 13.0 Å². The van der Waals surface area contributed by atoms with Gasteiger partial charge in [-0.05, 0) is 14.1 Å². The van der Waals surface area contributed by atoms with E-state index in [-0.39, 0.29) is 12.4 Å². The summed E-state index contributed by atoms with van der Waals surface area (Å²) in [6.07, 6.45) is 1.17. The molecule has 74 valence electrons. The van der Waals surface area contributed by atoms with Gasteiger partial charge in [-0.2, -0.15) is 5.26 Å². The normalized spacial score (nSPS) is 27.8. The first kappa shape index (κ1) is 10.5. The minimum atomic E-state index is -0.110. The molecule has 1 saturated heterocycles. The molecule has 0 aromatic carbocycles. The molecular weight excluding hydrogens is 168 g/mol. The fourth-order valence-corrected chi connectivity index (χ4v) is 1.23. The third-order valence-electron chi connectivity index (χ3n) is 1.94. The Morgan fingerprint density at radius 3 is 2.92 bits per heavy atom. The average molecular weight is 184 g/mol. The van der Waals surface area contributed by atoms with E-state index < -0.39 is 0 Å². The highest BCUT2D eigenvalue weighted by atomic mass is 16.7. The number of hydrogen-bond acceptors (Lipinski definition) is 4. The van der Waals surface area contributed by atoms with Crippen LogP contribution in [-0.2, 0) is 9.47 Å². The lowest BCUT2D eigenvalue weighted by Crippen LogP contribution is -2.20. The number of hydrogen-bond donors (Lipinski definition) is 0. The Morgan fingerprint density at radius 1 is 1.54 bits per heavy atom. The Bertz CT molecular complexity index is 189. The highest BCUT2D eigenvalue weighted by Gasteiger charge is 2.25. The van der Waals surface area contributed by atoms with E-state index in [0.29, 0.717) is 13.0 Å². The average Bonchev–Trinajstić information content (AvgIpc) is 2.50. The first-order chi connectivity index (χ1) is 6.22. The monoisotopic (exact) mass is 184 g/mol. The maximum atomic E-state index is 8.44. The number of ether oxygens (including phenoxy) is 2. The standard InChI is InChI=1S/C9H16N2O2/c1-11(2)6-4-9-12-7-8(13-9)3-5-10/h8-9H,3-4,6-7H2,1-2H3. The molecule has 1 aliphatic rings. The van der Waals surface area contributed by atoms with Gasteiger partial charge in [0.25, 0.3) is 0 Å². The molecular formula is C9H16N2O2. The van der Waals surface area contributed by atoms with E-state index in [1.165, 1.54) is 0 Å². The van der Waals surface area contributed by atoms with Crippen molar-refractivity contribution in [3.63, 3.8) is 0 Å². The SMILES string of the molecule is CN(C)CCC1OCC(CC#N)O1. The van der Waals surface area contributed by atoms with Gasteiger partial charge in [0.1, 0.15) is 0 Å². The molecule has 1 fully saturated rings. The van der Waals surface area contributed by atoms with E-state index in [1.807, 2.05) is 14.1 Å². The largest absolute Gasteiger partial charge is 0.350 e. The number of rotatable bonds is 4. The number of nitriles is 1. The molecule has 1 aliphatic heterocycles. The minimum Gasteiger partial charge on any atom is -0.350 e. The minimum absolute atomic E-state index is 0.0165. The van der Waals surface area contributed by atoms with Crippen molar-refractivity contribution < 1.29 is 9.47 Å². The van der Waals surface area contributed by atoms with Crippen LogP contribution in [0.4, 0.5) is 0 Å². The van der Waals surface area contributed by atoms with Crippen LogP contribution in [0.2, 0.25) is 0 Å². The predicted octanol–water partition coefficient (Wildman–Crippen LogP) is 0.593. The fourth-order valence-electron chi connectivity index (χ4n) is 1.23. The van der Waals surface area contributed by atoms with Crippen LogP contribution in [0.25, 0.3) is 0 Å². The second-order valence-electron chi connectivity index (χ2n) is 3.48. The van der Waals surface area contributed by atoms with Crippen LogP contribution in [0.5, 0.6) is 0 Å². The number of nitrogens with zero attached hydrogens (tertiary/aromatic N) is 2. The van der Waals surface area contributed by atoms with Crippen molar-refractivity contribution in [2.45, 2.75) is 25.2 Å². The first-order valence-corrected chi connectivity index (χ1v) is 4.51. The van der Waals surface area contributed by atoms with Gasteiger partial charge in [0.2, 0.25) is 0 Å². The van der Waals surface area contributed by atoms with Crippen LogP contribution < -0.4 is 0 Å². The Hall–Kier alpha value is -0.630. The van der Waals surface area contributed by atoms with Crippen molar-refractivity contribution >= 4 is 0 Å². The Morgan fingerprint density at radius 2 is 2.31 bits per heavy atom. The molecule has 0 spiro atoms. The van der Waals surface area contributed by atoms with Gasteiger partial charge in [0.05, 0.1) is 25.2 Å². The summed E-state index contributed by atoms with van der Waals surface area (Å²) in [5, 5.41) is 8.44. The molecule has 0 amide bonds. The molecule has 0 saturated carbocycles. The van der Waals surface area contributed by atoms with Crippen LogP contribution in [0, 0.1) is 11.3 Å². The maximum absolute atomic E-state index is 8.44. The zero-order valence-corrected chi connectivity index (χ0v) is 8.19. The van der Waals surface area contributed by atoms with Crippen LogP contribution in [0.3, 0.4) is 0 Å². The van der Waals surface area contributed by atoms with Crippen LogP contribution in [0.15, 0.2) is 0 Å². The molecule has 0 aromatic rings. The highest BCUT2D eigenvalue weighted by Crippen LogP contribution is 2.16. The lowest BCUT2D eigenvalue weighted by Gasteiger charge is -2.13. The van der Waals surface area contributed by atoms with Gasteiger partial charge >= 0.3 is 0 Å². The molecule has 0 radical (unpaired) electrons. The van der Waals surface area contributed by atoms with E-state index >= 15 is 0 Å². The van der Waals surface area contributed by atoms with Crippen LogP contribution in [-0.4, -0.2) is 44.5 Å². The summed E-state index contributed by atoms with van der Waals surface area (Å²) in [6, 6.07) is 2.08. The molecule has 1 heterocycles. The van der Waals surface area contributed by atoms with Gasteiger partial charge in [-0.15, -0.1) is 0 Å². The summed E-state index contributed by atoms with van der Waals surface area (Å²) < 4.78 is 10.8. The lowest BCUT2D eigenvalue weighted by atomic mass is 10.3. The molecule has 2 unspecified atom stereocenters. The zero-order chi connectivity index (χ0) is 9.68. The molecule has 1 rings (SSSR count). The third-order valence-corrected chi connectivity index (χ3v) is 1.94. The summed E-state index contributed by atoms with van der Waals surface area (Å²) in [4.78, 5) is 2.09. The van der Waals surface area contributed by atoms with Crippen molar-refractivity contribution in [2.75, 3.05) is 27.2 Å². The van der Waals surface area contributed by atoms with E-state index in [4.69, 9.17) is 14.7 Å². The van der Waals surface area contributed by atoms with E-state index in [2.05, 4.69) is 11.0 Å². The van der Waals surface area contributed by atoms with Crippen LogP contribution in [0.1, 0.15) is 12.8 Å². The Kier molecular flexibility index (Phi) is 4.16. The van der Waals surface area contributed by atoms with Crippen molar-refractivity contribution in [3.05, 3.63) is 0 Å². The summed E-state index contributed by atoms with van der Waals surface area (Å²) in [7, 11) is 4.03. The lowest BCUT2D eigenvalue weighted by molar-refractivity contribution is -0.0637. The van der Waals surface area contributed by atoms with Crippen molar-refractivity contribution in [2.24, 2.45) is 0 Å². The molecule has 4 heteroatoms. The van der Waals surface area contributed by atoms with Gasteiger partial charge in [-0.25, -0.2) is 0 Å². The molecule has 2 atom stereocenters. The smallest absolute Gasteiger partial charge is 0.159 e. The fraction of sp³-hybridized carbons (Fsp3) is 0.889. The molecule has 0 N–H and O–H groups in total. The predicted molar refractivity (Wildman–Crippen MR) is 48.0 cm³/mol. The van der Waals surface area contributed by atoms with Crippen LogP contribution >= 0.6 is 0 Å². The third kappa shape index (κ3) is 3.73. The topological polar surface area (TPSA) is 45.5 Å². The second kappa shape index (κ2) is 5.18. The summed E-state index contributed by atoms with van der Waals surface area (Å²) in [6.45, 7) is 1.51. The summed E-state index contributed by atoms with van der Waals surface area (Å²) in [5.74, 6) is 0. The van der Waals surface area contributed by atoms with Crippen molar-refractivity contribution in [3.8, 4) is 6.07 Å². The first-order valence-electron chi connectivity index (χ1n) is 4.51. The van der Waals surface area contributed by atoms with Gasteiger partial charge in [-0.1, -0.05) is 0 Å². The van der Waals surface area contributed by atoms with E-state index in [0.717, 1.165) is 13.0 Å². The van der Waals surface area contributed by atoms with Crippen molar-refractivity contribution in [1.82, 2.24) is 4.90 Å². The summed E-state index contributed by atoms with van der Waals surface area (Å²) in [5.41, 5.74) is 0. The Balaban J connectivity index is 2.14.